The number of piperazine rings is 1. The SMILES string of the molecule is Cc1ccccc1OCCC(=O)N1CCN(C(=O)COc2cccc(O)c2)CC1. The summed E-state index contributed by atoms with van der Waals surface area (Å²) in [6.07, 6.45) is 0.308. The number of aromatic hydroxyl groups is 1. The van der Waals surface area contributed by atoms with Crippen LogP contribution >= 0.6 is 0 Å². The first-order valence-corrected chi connectivity index (χ1v) is 9.69. The molecule has 2 amide bonds. The van der Waals surface area contributed by atoms with Gasteiger partial charge in [-0.25, -0.2) is 0 Å². The third-order valence-electron chi connectivity index (χ3n) is 4.83. The Morgan fingerprint density at radius 3 is 2.31 bits per heavy atom. The van der Waals surface area contributed by atoms with Gasteiger partial charge in [-0.05, 0) is 30.7 Å². The van der Waals surface area contributed by atoms with E-state index in [1.807, 2.05) is 31.2 Å². The Bertz CT molecular complexity index is 847. The van der Waals surface area contributed by atoms with E-state index < -0.39 is 0 Å². The van der Waals surface area contributed by atoms with Gasteiger partial charge in [0.1, 0.15) is 17.2 Å². The molecule has 2 aromatic carbocycles. The Labute approximate surface area is 170 Å². The lowest BCUT2D eigenvalue weighted by Gasteiger charge is -2.34. The van der Waals surface area contributed by atoms with Gasteiger partial charge in [-0.2, -0.15) is 0 Å². The molecule has 1 heterocycles. The van der Waals surface area contributed by atoms with Crippen molar-refractivity contribution >= 4 is 11.8 Å². The fourth-order valence-electron chi connectivity index (χ4n) is 3.14. The second kappa shape index (κ2) is 9.82. The molecule has 1 fully saturated rings. The van der Waals surface area contributed by atoms with Crippen molar-refractivity contribution in [2.45, 2.75) is 13.3 Å². The number of hydrogen-bond donors (Lipinski definition) is 1. The molecule has 0 aliphatic carbocycles. The highest BCUT2D eigenvalue weighted by atomic mass is 16.5. The molecule has 1 aliphatic heterocycles. The maximum atomic E-state index is 12.4. The minimum atomic E-state index is -0.136. The maximum absolute atomic E-state index is 12.4. The van der Waals surface area contributed by atoms with Crippen molar-refractivity contribution in [3.63, 3.8) is 0 Å². The molecule has 1 aliphatic rings. The predicted octanol–water partition coefficient (Wildman–Crippen LogP) is 2.22. The summed E-state index contributed by atoms with van der Waals surface area (Å²) in [5, 5.41) is 9.43. The number of rotatable bonds is 7. The quantitative estimate of drug-likeness (QED) is 0.774. The van der Waals surface area contributed by atoms with Gasteiger partial charge in [-0.3, -0.25) is 9.59 Å². The van der Waals surface area contributed by atoms with Crippen LogP contribution in [0.1, 0.15) is 12.0 Å². The highest BCUT2D eigenvalue weighted by Gasteiger charge is 2.24. The maximum Gasteiger partial charge on any atom is 0.260 e. The molecule has 1 N–H and O–H groups in total. The molecule has 0 spiro atoms. The van der Waals surface area contributed by atoms with E-state index in [-0.39, 0.29) is 24.2 Å². The van der Waals surface area contributed by atoms with E-state index in [1.54, 1.807) is 21.9 Å². The van der Waals surface area contributed by atoms with Gasteiger partial charge in [-0.1, -0.05) is 24.3 Å². The molecule has 154 valence electrons. The summed E-state index contributed by atoms with van der Waals surface area (Å²) in [6, 6.07) is 14.1. The van der Waals surface area contributed by atoms with Crippen LogP contribution < -0.4 is 9.47 Å². The molecule has 0 aromatic heterocycles. The zero-order valence-corrected chi connectivity index (χ0v) is 16.5. The molecule has 0 atom stereocenters. The van der Waals surface area contributed by atoms with Crippen LogP contribution in [0.25, 0.3) is 0 Å². The lowest BCUT2D eigenvalue weighted by Crippen LogP contribution is -2.51. The van der Waals surface area contributed by atoms with E-state index in [9.17, 15) is 14.7 Å². The molecule has 0 radical (unpaired) electrons. The predicted molar refractivity (Wildman–Crippen MR) is 108 cm³/mol. The Morgan fingerprint density at radius 1 is 0.931 bits per heavy atom. The topological polar surface area (TPSA) is 79.3 Å². The number of carbonyl (C=O) groups is 2. The first-order chi connectivity index (χ1) is 14.0. The fraction of sp³-hybridized carbons (Fsp3) is 0.364. The van der Waals surface area contributed by atoms with E-state index >= 15 is 0 Å². The largest absolute Gasteiger partial charge is 0.508 e. The minimum absolute atomic E-state index is 0.0293. The van der Waals surface area contributed by atoms with Crippen molar-refractivity contribution in [3.8, 4) is 17.2 Å². The summed E-state index contributed by atoms with van der Waals surface area (Å²) in [4.78, 5) is 28.2. The van der Waals surface area contributed by atoms with E-state index in [2.05, 4.69) is 0 Å². The van der Waals surface area contributed by atoms with E-state index in [4.69, 9.17) is 9.47 Å². The lowest BCUT2D eigenvalue weighted by atomic mass is 10.2. The number of phenolic OH excluding ortho intramolecular Hbond substituents is 1. The highest BCUT2D eigenvalue weighted by molar-refractivity contribution is 5.79. The first kappa shape index (κ1) is 20.5. The number of phenols is 1. The van der Waals surface area contributed by atoms with Crippen molar-refractivity contribution in [2.75, 3.05) is 39.4 Å². The van der Waals surface area contributed by atoms with Gasteiger partial charge in [-0.15, -0.1) is 0 Å². The van der Waals surface area contributed by atoms with Crippen LogP contribution in [-0.4, -0.2) is 66.1 Å². The second-order valence-electron chi connectivity index (χ2n) is 6.91. The molecule has 0 unspecified atom stereocenters. The number of nitrogens with zero attached hydrogens (tertiary/aromatic N) is 2. The number of amides is 2. The summed E-state index contributed by atoms with van der Waals surface area (Å²) in [5.41, 5.74) is 1.04. The third-order valence-corrected chi connectivity index (χ3v) is 4.83. The molecule has 1 saturated heterocycles. The van der Waals surface area contributed by atoms with Gasteiger partial charge >= 0.3 is 0 Å². The standard InChI is InChI=1S/C22H26N2O5/c1-17-5-2-3-8-20(17)28-14-9-21(26)23-10-12-24(13-11-23)22(27)16-29-19-7-4-6-18(25)15-19/h2-8,15,25H,9-14,16H2,1H3. The smallest absolute Gasteiger partial charge is 0.260 e. The summed E-state index contributed by atoms with van der Waals surface area (Å²) in [5.74, 6) is 1.22. The molecule has 7 nitrogen and oxygen atoms in total. The number of hydrogen-bond acceptors (Lipinski definition) is 5. The molecule has 0 bridgehead atoms. The Balaban J connectivity index is 1.37. The van der Waals surface area contributed by atoms with Gasteiger partial charge in [0.15, 0.2) is 6.61 Å². The average molecular weight is 398 g/mol. The second-order valence-corrected chi connectivity index (χ2v) is 6.91. The van der Waals surface area contributed by atoms with Crippen molar-refractivity contribution < 1.29 is 24.2 Å². The van der Waals surface area contributed by atoms with Crippen LogP contribution in [0.5, 0.6) is 17.2 Å². The van der Waals surface area contributed by atoms with E-state index in [0.717, 1.165) is 11.3 Å². The van der Waals surface area contributed by atoms with Crippen molar-refractivity contribution in [3.05, 3.63) is 54.1 Å². The van der Waals surface area contributed by atoms with Crippen molar-refractivity contribution in [2.24, 2.45) is 0 Å². The van der Waals surface area contributed by atoms with Gasteiger partial charge in [0, 0.05) is 32.2 Å². The molecule has 2 aromatic rings. The Morgan fingerprint density at radius 2 is 1.62 bits per heavy atom. The normalized spacial score (nSPS) is 13.8. The first-order valence-electron chi connectivity index (χ1n) is 9.69. The van der Waals surface area contributed by atoms with Crippen LogP contribution in [-0.2, 0) is 9.59 Å². The lowest BCUT2D eigenvalue weighted by molar-refractivity contribution is -0.141. The Kier molecular flexibility index (Phi) is 6.94. The number of para-hydroxylation sites is 1. The molecular weight excluding hydrogens is 372 g/mol. The van der Waals surface area contributed by atoms with Gasteiger partial charge in [0.2, 0.25) is 5.91 Å². The van der Waals surface area contributed by atoms with E-state index in [1.165, 1.54) is 12.1 Å². The van der Waals surface area contributed by atoms with Crippen molar-refractivity contribution in [1.82, 2.24) is 9.80 Å². The zero-order valence-electron chi connectivity index (χ0n) is 16.5. The molecule has 29 heavy (non-hydrogen) atoms. The van der Waals surface area contributed by atoms with Crippen LogP contribution in [0.15, 0.2) is 48.5 Å². The van der Waals surface area contributed by atoms with Gasteiger partial charge in [0.05, 0.1) is 13.0 Å². The molecular formula is C22H26N2O5. The fourth-order valence-corrected chi connectivity index (χ4v) is 3.14. The number of benzene rings is 2. The van der Waals surface area contributed by atoms with E-state index in [0.29, 0.717) is 45.0 Å². The van der Waals surface area contributed by atoms with Crippen LogP contribution in [0.2, 0.25) is 0 Å². The summed E-state index contributed by atoms with van der Waals surface area (Å²) in [6.45, 7) is 4.17. The van der Waals surface area contributed by atoms with Crippen molar-refractivity contribution in [1.29, 1.82) is 0 Å². The number of aryl methyl sites for hydroxylation is 1. The minimum Gasteiger partial charge on any atom is -0.508 e. The highest BCUT2D eigenvalue weighted by Crippen LogP contribution is 2.18. The third kappa shape index (κ3) is 5.88. The van der Waals surface area contributed by atoms with Crippen LogP contribution in [0.4, 0.5) is 0 Å². The summed E-state index contributed by atoms with van der Waals surface area (Å²) in [7, 11) is 0. The van der Waals surface area contributed by atoms with Gasteiger partial charge in [0.25, 0.3) is 5.91 Å². The Hall–Kier alpha value is -3.22. The van der Waals surface area contributed by atoms with Crippen LogP contribution in [0, 0.1) is 6.92 Å². The summed E-state index contributed by atoms with van der Waals surface area (Å²) < 4.78 is 11.1. The molecule has 7 heteroatoms. The molecule has 0 saturated carbocycles. The monoisotopic (exact) mass is 398 g/mol. The van der Waals surface area contributed by atoms with Crippen LogP contribution in [0.3, 0.4) is 0 Å². The average Bonchev–Trinajstić information content (AvgIpc) is 2.73. The number of ether oxygens (including phenoxy) is 2. The molecule has 3 rings (SSSR count). The summed E-state index contributed by atoms with van der Waals surface area (Å²) >= 11 is 0. The zero-order chi connectivity index (χ0) is 20.6. The number of carbonyl (C=O) groups excluding carboxylic acids is 2. The van der Waals surface area contributed by atoms with Gasteiger partial charge < -0.3 is 24.4 Å².